The minimum Gasteiger partial charge on any atom is -0.368 e. The molecule has 0 spiro atoms. The number of primary amides is 1. The lowest BCUT2D eigenvalue weighted by molar-refractivity contribution is -0.124. The zero-order valence-electron chi connectivity index (χ0n) is 10.8. The van der Waals surface area contributed by atoms with Crippen molar-refractivity contribution in [1.29, 1.82) is 0 Å². The third kappa shape index (κ3) is 4.19. The normalized spacial score (nSPS) is 14.8. The smallest absolute Gasteiger partial charge is 0.237 e. The Kier molecular flexibility index (Phi) is 4.69. The Bertz CT molecular complexity index is 347. The molecule has 0 aromatic carbocycles. The number of nitrogens with zero attached hydrogens (tertiary/aromatic N) is 2. The largest absolute Gasteiger partial charge is 0.368 e. The van der Waals surface area contributed by atoms with E-state index in [1.54, 1.807) is 6.20 Å². The number of hydrogen-bond donors (Lipinski definition) is 2. The molecule has 5 nitrogen and oxygen atoms in total. The molecule has 0 saturated heterocycles. The van der Waals surface area contributed by atoms with Crippen LogP contribution in [0.3, 0.4) is 0 Å². The van der Waals surface area contributed by atoms with E-state index in [9.17, 15) is 4.79 Å². The number of hydrogen-bond acceptors (Lipinski definition) is 3. The van der Waals surface area contributed by atoms with E-state index in [4.69, 9.17) is 5.73 Å². The summed E-state index contributed by atoms with van der Waals surface area (Å²) in [5.74, 6) is -0.299. The van der Waals surface area contributed by atoms with Crippen molar-refractivity contribution < 1.29 is 4.79 Å². The standard InChI is InChI=1S/C12H22N4O/c1-10(2)15-12(3,11(13)17)6-4-8-16-9-5-7-14-16/h5,7,9-10,15H,4,6,8H2,1-3H3,(H2,13,17). The number of aromatic nitrogens is 2. The van der Waals surface area contributed by atoms with E-state index < -0.39 is 5.54 Å². The second kappa shape index (κ2) is 5.82. The average Bonchev–Trinajstić information content (AvgIpc) is 2.69. The zero-order valence-corrected chi connectivity index (χ0v) is 10.8. The molecule has 0 saturated carbocycles. The topological polar surface area (TPSA) is 72.9 Å². The summed E-state index contributed by atoms with van der Waals surface area (Å²) in [5, 5.41) is 7.35. The van der Waals surface area contributed by atoms with Gasteiger partial charge in [-0.3, -0.25) is 9.48 Å². The Morgan fingerprint density at radius 3 is 2.76 bits per heavy atom. The molecule has 5 heteroatoms. The summed E-state index contributed by atoms with van der Waals surface area (Å²) in [6.07, 6.45) is 5.23. The summed E-state index contributed by atoms with van der Waals surface area (Å²) in [6, 6.07) is 2.12. The van der Waals surface area contributed by atoms with Crippen LogP contribution in [0.15, 0.2) is 18.5 Å². The maximum absolute atomic E-state index is 11.5. The SMILES string of the molecule is CC(C)NC(C)(CCCn1cccn1)C(N)=O. The highest BCUT2D eigenvalue weighted by molar-refractivity contribution is 5.84. The molecule has 0 aliphatic carbocycles. The number of nitrogens with one attached hydrogen (secondary N) is 1. The molecule has 1 amide bonds. The molecule has 1 aromatic heterocycles. The van der Waals surface area contributed by atoms with Crippen molar-refractivity contribution in [3.05, 3.63) is 18.5 Å². The molecule has 17 heavy (non-hydrogen) atoms. The van der Waals surface area contributed by atoms with Crippen LogP contribution in [0, 0.1) is 0 Å². The van der Waals surface area contributed by atoms with Gasteiger partial charge in [0.1, 0.15) is 0 Å². The minimum absolute atomic E-state index is 0.234. The second-order valence-corrected chi connectivity index (χ2v) is 4.87. The van der Waals surface area contributed by atoms with Crippen LogP contribution in [0.2, 0.25) is 0 Å². The summed E-state index contributed by atoms with van der Waals surface area (Å²) in [4.78, 5) is 11.5. The van der Waals surface area contributed by atoms with Gasteiger partial charge in [0.25, 0.3) is 0 Å². The van der Waals surface area contributed by atoms with Crippen LogP contribution in [0.25, 0.3) is 0 Å². The molecule has 1 unspecified atom stereocenters. The third-order valence-corrected chi connectivity index (χ3v) is 2.77. The summed E-state index contributed by atoms with van der Waals surface area (Å²) in [6.45, 7) is 6.68. The van der Waals surface area contributed by atoms with Gasteiger partial charge in [-0.25, -0.2) is 0 Å². The fourth-order valence-corrected chi connectivity index (χ4v) is 1.93. The van der Waals surface area contributed by atoms with E-state index in [1.807, 2.05) is 37.7 Å². The number of carbonyl (C=O) groups is 1. The van der Waals surface area contributed by atoms with Gasteiger partial charge in [0, 0.05) is 25.0 Å². The second-order valence-electron chi connectivity index (χ2n) is 4.87. The van der Waals surface area contributed by atoms with Gasteiger partial charge in [0.05, 0.1) is 5.54 Å². The Hall–Kier alpha value is -1.36. The van der Waals surface area contributed by atoms with Crippen molar-refractivity contribution in [2.24, 2.45) is 5.73 Å². The molecular formula is C12H22N4O. The molecule has 0 bridgehead atoms. The molecule has 0 fully saturated rings. The fraction of sp³-hybridized carbons (Fsp3) is 0.667. The lowest BCUT2D eigenvalue weighted by atomic mass is 9.94. The van der Waals surface area contributed by atoms with Crippen LogP contribution in [0.5, 0.6) is 0 Å². The fourth-order valence-electron chi connectivity index (χ4n) is 1.93. The van der Waals surface area contributed by atoms with E-state index in [0.29, 0.717) is 6.42 Å². The zero-order chi connectivity index (χ0) is 12.9. The van der Waals surface area contributed by atoms with Crippen LogP contribution in [0.1, 0.15) is 33.6 Å². The highest BCUT2D eigenvalue weighted by atomic mass is 16.1. The van der Waals surface area contributed by atoms with Crippen molar-refractivity contribution >= 4 is 5.91 Å². The number of amides is 1. The van der Waals surface area contributed by atoms with E-state index >= 15 is 0 Å². The maximum Gasteiger partial charge on any atom is 0.237 e. The molecule has 1 rings (SSSR count). The Labute approximate surface area is 102 Å². The van der Waals surface area contributed by atoms with E-state index in [-0.39, 0.29) is 11.9 Å². The first kappa shape index (κ1) is 13.7. The van der Waals surface area contributed by atoms with Gasteiger partial charge in [0.2, 0.25) is 5.91 Å². The summed E-state index contributed by atoms with van der Waals surface area (Å²) in [7, 11) is 0. The van der Waals surface area contributed by atoms with Gasteiger partial charge >= 0.3 is 0 Å². The van der Waals surface area contributed by atoms with Gasteiger partial charge < -0.3 is 11.1 Å². The van der Waals surface area contributed by atoms with Crippen molar-refractivity contribution in [3.8, 4) is 0 Å². The molecule has 1 atom stereocenters. The first-order chi connectivity index (χ1) is 7.94. The Morgan fingerprint density at radius 2 is 2.29 bits per heavy atom. The molecule has 1 heterocycles. The summed E-state index contributed by atoms with van der Waals surface area (Å²) >= 11 is 0. The van der Waals surface area contributed by atoms with Gasteiger partial charge in [-0.2, -0.15) is 5.10 Å². The molecule has 0 radical (unpaired) electrons. The maximum atomic E-state index is 11.5. The van der Waals surface area contributed by atoms with Crippen LogP contribution in [0.4, 0.5) is 0 Å². The van der Waals surface area contributed by atoms with Gasteiger partial charge in [-0.15, -0.1) is 0 Å². The predicted molar refractivity (Wildman–Crippen MR) is 67.3 cm³/mol. The average molecular weight is 238 g/mol. The quantitative estimate of drug-likeness (QED) is 0.741. The summed E-state index contributed by atoms with van der Waals surface area (Å²) in [5.41, 5.74) is 4.82. The van der Waals surface area contributed by atoms with E-state index in [1.165, 1.54) is 0 Å². The molecule has 0 aliphatic heterocycles. The van der Waals surface area contributed by atoms with Crippen LogP contribution >= 0.6 is 0 Å². The van der Waals surface area contributed by atoms with Crippen molar-refractivity contribution in [2.75, 3.05) is 0 Å². The van der Waals surface area contributed by atoms with E-state index in [2.05, 4.69) is 10.4 Å². The Balaban J connectivity index is 2.47. The molecular weight excluding hydrogens is 216 g/mol. The molecule has 0 aliphatic rings. The molecule has 96 valence electrons. The summed E-state index contributed by atoms with van der Waals surface area (Å²) < 4.78 is 1.86. The predicted octanol–water partition coefficient (Wildman–Crippen LogP) is 0.905. The molecule has 1 aromatic rings. The van der Waals surface area contributed by atoms with Crippen molar-refractivity contribution in [3.63, 3.8) is 0 Å². The van der Waals surface area contributed by atoms with Crippen LogP contribution < -0.4 is 11.1 Å². The van der Waals surface area contributed by atoms with Crippen molar-refractivity contribution in [1.82, 2.24) is 15.1 Å². The number of carbonyl (C=O) groups excluding carboxylic acids is 1. The van der Waals surface area contributed by atoms with Crippen LogP contribution in [-0.2, 0) is 11.3 Å². The molecule has 3 N–H and O–H groups in total. The van der Waals surface area contributed by atoms with Gasteiger partial charge in [0.15, 0.2) is 0 Å². The van der Waals surface area contributed by atoms with E-state index in [0.717, 1.165) is 13.0 Å². The van der Waals surface area contributed by atoms with Gasteiger partial charge in [-0.1, -0.05) is 0 Å². The minimum atomic E-state index is -0.638. The highest BCUT2D eigenvalue weighted by Crippen LogP contribution is 2.13. The first-order valence-electron chi connectivity index (χ1n) is 5.99. The number of rotatable bonds is 7. The first-order valence-corrected chi connectivity index (χ1v) is 5.99. The Morgan fingerprint density at radius 1 is 1.59 bits per heavy atom. The monoisotopic (exact) mass is 238 g/mol. The lowest BCUT2D eigenvalue weighted by Crippen LogP contribution is -2.55. The van der Waals surface area contributed by atoms with Crippen LogP contribution in [-0.4, -0.2) is 27.3 Å². The third-order valence-electron chi connectivity index (χ3n) is 2.77. The highest BCUT2D eigenvalue weighted by Gasteiger charge is 2.30. The van der Waals surface area contributed by atoms with Gasteiger partial charge in [-0.05, 0) is 39.7 Å². The number of nitrogens with two attached hydrogens (primary N) is 1. The lowest BCUT2D eigenvalue weighted by Gasteiger charge is -2.29. The van der Waals surface area contributed by atoms with Crippen molar-refractivity contribution in [2.45, 2.75) is 51.7 Å². The number of aryl methyl sites for hydroxylation is 1.